The van der Waals surface area contributed by atoms with Crippen molar-refractivity contribution in [3.8, 4) is 23.0 Å². The van der Waals surface area contributed by atoms with E-state index in [9.17, 15) is 8.42 Å². The summed E-state index contributed by atoms with van der Waals surface area (Å²) in [6.07, 6.45) is 0.790. The third-order valence-electron chi connectivity index (χ3n) is 4.28. The molecule has 5 heteroatoms. The first-order valence-corrected chi connectivity index (χ1v) is 10.5. The lowest BCUT2D eigenvalue weighted by Gasteiger charge is -2.03. The van der Waals surface area contributed by atoms with Gasteiger partial charge in [-0.05, 0) is 47.4 Å². The molecule has 3 rings (SSSR count). The van der Waals surface area contributed by atoms with Gasteiger partial charge in [0.2, 0.25) is 10.0 Å². The molecule has 0 fully saturated rings. The Morgan fingerprint density at radius 2 is 1.46 bits per heavy atom. The van der Waals surface area contributed by atoms with Crippen molar-refractivity contribution in [1.29, 1.82) is 0 Å². The molecular formula is C23H22N2O2S. The molecule has 0 aromatic heterocycles. The first-order chi connectivity index (χ1) is 13.5. The summed E-state index contributed by atoms with van der Waals surface area (Å²) >= 11 is 0. The molecule has 3 aromatic rings. The summed E-state index contributed by atoms with van der Waals surface area (Å²) in [7, 11) is -3.63. The zero-order chi connectivity index (χ0) is 19.8. The highest BCUT2D eigenvalue weighted by Crippen LogP contribution is 2.18. The number of hydrogen-bond acceptors (Lipinski definition) is 3. The lowest BCUT2D eigenvalue weighted by molar-refractivity contribution is 0.597. The van der Waals surface area contributed by atoms with Crippen LogP contribution in [0.3, 0.4) is 0 Å². The van der Waals surface area contributed by atoms with Gasteiger partial charge in [-0.25, -0.2) is 13.6 Å². The van der Waals surface area contributed by atoms with Crippen LogP contribution in [0.4, 0.5) is 0 Å². The minimum Gasteiger partial charge on any atom is -0.306 e. The largest absolute Gasteiger partial charge is 0.306 e. The maximum Gasteiger partial charge on any atom is 0.238 e. The maximum atomic E-state index is 11.2. The predicted molar refractivity (Wildman–Crippen MR) is 113 cm³/mol. The van der Waals surface area contributed by atoms with Gasteiger partial charge in [-0.15, -0.1) is 0 Å². The van der Waals surface area contributed by atoms with Gasteiger partial charge in [0.15, 0.2) is 0 Å². The van der Waals surface area contributed by atoms with E-state index >= 15 is 0 Å². The van der Waals surface area contributed by atoms with Gasteiger partial charge >= 0.3 is 0 Å². The SMILES string of the molecule is NS(=O)(=O)c1ccc(CCNCC#Cc2ccc(-c3ccccc3)cc2)cc1. The molecule has 3 aromatic carbocycles. The summed E-state index contributed by atoms with van der Waals surface area (Å²) in [5.74, 6) is 6.27. The minimum absolute atomic E-state index is 0.133. The zero-order valence-electron chi connectivity index (χ0n) is 15.4. The van der Waals surface area contributed by atoms with Crippen LogP contribution < -0.4 is 10.5 Å². The average Bonchev–Trinajstić information content (AvgIpc) is 2.71. The first kappa shape index (κ1) is 19.8. The van der Waals surface area contributed by atoms with Crippen molar-refractivity contribution in [3.63, 3.8) is 0 Å². The van der Waals surface area contributed by atoms with Crippen LogP contribution in [0, 0.1) is 11.8 Å². The molecule has 3 N–H and O–H groups in total. The molecule has 0 saturated heterocycles. The van der Waals surface area contributed by atoms with Crippen molar-refractivity contribution in [2.45, 2.75) is 11.3 Å². The number of primary sulfonamides is 1. The first-order valence-electron chi connectivity index (χ1n) is 8.99. The number of hydrogen-bond donors (Lipinski definition) is 2. The number of benzene rings is 3. The molecule has 0 aliphatic rings. The topological polar surface area (TPSA) is 72.2 Å². The maximum absolute atomic E-state index is 11.2. The second-order valence-corrected chi connectivity index (χ2v) is 7.92. The van der Waals surface area contributed by atoms with E-state index in [-0.39, 0.29) is 4.90 Å². The van der Waals surface area contributed by atoms with E-state index in [2.05, 4.69) is 41.4 Å². The number of rotatable bonds is 6. The van der Waals surface area contributed by atoms with E-state index in [1.165, 1.54) is 23.3 Å². The average molecular weight is 391 g/mol. The molecular weight excluding hydrogens is 368 g/mol. The summed E-state index contributed by atoms with van der Waals surface area (Å²) in [6.45, 7) is 1.35. The molecule has 0 amide bonds. The summed E-state index contributed by atoms with van der Waals surface area (Å²) in [5.41, 5.74) is 4.41. The minimum atomic E-state index is -3.63. The van der Waals surface area contributed by atoms with E-state index in [1.807, 2.05) is 30.3 Å². The Hall–Kier alpha value is -2.91. The molecule has 0 spiro atoms. The van der Waals surface area contributed by atoms with Crippen molar-refractivity contribution in [1.82, 2.24) is 5.32 Å². The van der Waals surface area contributed by atoms with Crippen molar-refractivity contribution in [2.24, 2.45) is 5.14 Å². The molecule has 0 unspecified atom stereocenters. The summed E-state index contributed by atoms with van der Waals surface area (Å²) in [5, 5.41) is 8.36. The molecule has 0 radical (unpaired) electrons. The molecule has 142 valence electrons. The van der Waals surface area contributed by atoms with Crippen LogP contribution >= 0.6 is 0 Å². The highest BCUT2D eigenvalue weighted by Gasteiger charge is 2.06. The van der Waals surface area contributed by atoms with Crippen LogP contribution in [-0.4, -0.2) is 21.5 Å². The van der Waals surface area contributed by atoms with Crippen molar-refractivity contribution >= 4 is 10.0 Å². The second-order valence-electron chi connectivity index (χ2n) is 6.36. The third-order valence-corrected chi connectivity index (χ3v) is 5.21. The Morgan fingerprint density at radius 3 is 2.11 bits per heavy atom. The van der Waals surface area contributed by atoms with Crippen LogP contribution in [0.15, 0.2) is 83.8 Å². The Labute approximate surface area is 166 Å². The Balaban J connectivity index is 1.44. The van der Waals surface area contributed by atoms with Gasteiger partial charge < -0.3 is 5.32 Å². The van der Waals surface area contributed by atoms with Crippen LogP contribution in [0.25, 0.3) is 11.1 Å². The van der Waals surface area contributed by atoms with E-state index in [0.717, 1.165) is 24.1 Å². The van der Waals surface area contributed by atoms with Crippen LogP contribution in [0.5, 0.6) is 0 Å². The Kier molecular flexibility index (Phi) is 6.62. The molecule has 28 heavy (non-hydrogen) atoms. The van der Waals surface area contributed by atoms with Crippen LogP contribution in [0.1, 0.15) is 11.1 Å². The molecule has 0 saturated carbocycles. The van der Waals surface area contributed by atoms with Crippen molar-refractivity contribution in [2.75, 3.05) is 13.1 Å². The Bertz CT molecular complexity index is 1060. The van der Waals surface area contributed by atoms with E-state index in [1.54, 1.807) is 12.1 Å². The Morgan fingerprint density at radius 1 is 0.821 bits per heavy atom. The predicted octanol–water partition coefficient (Wildman–Crippen LogP) is 3.18. The third kappa shape index (κ3) is 5.80. The standard InChI is InChI=1S/C23H22N2O2S/c24-28(26,27)23-14-10-20(11-15-23)16-18-25-17-4-5-19-8-12-22(13-9-19)21-6-2-1-3-7-21/h1-3,6-15,25H,16-18H2,(H2,24,26,27). The summed E-state index contributed by atoms with van der Waals surface area (Å²) < 4.78 is 22.5. The van der Waals surface area contributed by atoms with Gasteiger partial charge in [0, 0.05) is 12.1 Å². The van der Waals surface area contributed by atoms with Gasteiger partial charge in [0.05, 0.1) is 11.4 Å². The van der Waals surface area contributed by atoms with Crippen molar-refractivity contribution < 1.29 is 8.42 Å². The molecule has 0 aliphatic heterocycles. The summed E-state index contributed by atoms with van der Waals surface area (Å²) in [4.78, 5) is 0.133. The van der Waals surface area contributed by atoms with E-state index < -0.39 is 10.0 Å². The fourth-order valence-electron chi connectivity index (χ4n) is 2.75. The zero-order valence-corrected chi connectivity index (χ0v) is 16.2. The molecule has 0 bridgehead atoms. The van der Waals surface area contributed by atoms with E-state index in [0.29, 0.717) is 6.54 Å². The highest BCUT2D eigenvalue weighted by atomic mass is 32.2. The smallest absolute Gasteiger partial charge is 0.238 e. The van der Waals surface area contributed by atoms with Gasteiger partial charge in [-0.1, -0.05) is 66.4 Å². The fraction of sp³-hybridized carbons (Fsp3) is 0.130. The lowest BCUT2D eigenvalue weighted by atomic mass is 10.0. The fourth-order valence-corrected chi connectivity index (χ4v) is 3.27. The van der Waals surface area contributed by atoms with Gasteiger partial charge in [-0.3, -0.25) is 0 Å². The quantitative estimate of drug-likeness (QED) is 0.502. The number of nitrogens with two attached hydrogens (primary N) is 1. The number of sulfonamides is 1. The van der Waals surface area contributed by atoms with E-state index in [4.69, 9.17) is 5.14 Å². The normalized spacial score (nSPS) is 10.9. The monoisotopic (exact) mass is 390 g/mol. The molecule has 0 heterocycles. The van der Waals surface area contributed by atoms with Gasteiger partial charge in [-0.2, -0.15) is 0 Å². The van der Waals surface area contributed by atoms with Gasteiger partial charge in [0.1, 0.15) is 0 Å². The van der Waals surface area contributed by atoms with Crippen LogP contribution in [0.2, 0.25) is 0 Å². The van der Waals surface area contributed by atoms with Gasteiger partial charge in [0.25, 0.3) is 0 Å². The van der Waals surface area contributed by atoms with Crippen LogP contribution in [-0.2, 0) is 16.4 Å². The molecule has 4 nitrogen and oxygen atoms in total. The molecule has 0 atom stereocenters. The van der Waals surface area contributed by atoms with Crippen molar-refractivity contribution in [3.05, 3.63) is 90.0 Å². The molecule has 0 aliphatic carbocycles. The lowest BCUT2D eigenvalue weighted by Crippen LogP contribution is -2.17. The second kappa shape index (κ2) is 9.34. The highest BCUT2D eigenvalue weighted by molar-refractivity contribution is 7.89. The number of nitrogens with one attached hydrogen (secondary N) is 1. The summed E-state index contributed by atoms with van der Waals surface area (Å²) in [6, 6.07) is 25.1.